The van der Waals surface area contributed by atoms with Gasteiger partial charge < -0.3 is 9.84 Å². The van der Waals surface area contributed by atoms with E-state index in [-0.39, 0.29) is 36.8 Å². The second-order valence-corrected chi connectivity index (χ2v) is 6.22. The zero-order chi connectivity index (χ0) is 18.6. The van der Waals surface area contributed by atoms with Crippen LogP contribution in [0.1, 0.15) is 38.2 Å². The average molecular weight is 358 g/mol. The van der Waals surface area contributed by atoms with Crippen LogP contribution in [-0.2, 0) is 15.8 Å². The fourth-order valence-electron chi connectivity index (χ4n) is 3.24. The van der Waals surface area contributed by atoms with Gasteiger partial charge in [-0.25, -0.2) is 0 Å². The number of aliphatic hydroxyl groups excluding tert-OH is 1. The van der Waals surface area contributed by atoms with Crippen molar-refractivity contribution >= 4 is 11.6 Å². The number of hydrogen-bond acceptors (Lipinski definition) is 4. The van der Waals surface area contributed by atoms with E-state index in [9.17, 15) is 27.9 Å². The van der Waals surface area contributed by atoms with Crippen LogP contribution in [0.25, 0.3) is 0 Å². The normalized spacial score (nSPS) is 23.7. The summed E-state index contributed by atoms with van der Waals surface area (Å²) in [6.45, 7) is 1.89. The molecular formula is C18H21F3O4. The van der Waals surface area contributed by atoms with Gasteiger partial charge in [0.25, 0.3) is 0 Å². The fourth-order valence-corrected chi connectivity index (χ4v) is 3.24. The van der Waals surface area contributed by atoms with Crippen molar-refractivity contribution in [1.82, 2.24) is 0 Å². The summed E-state index contributed by atoms with van der Waals surface area (Å²) in [6.07, 6.45) is -4.43. The molecule has 1 fully saturated rings. The molecule has 1 aliphatic carbocycles. The predicted octanol–water partition coefficient (Wildman–Crippen LogP) is 3.41. The lowest BCUT2D eigenvalue weighted by Gasteiger charge is -2.18. The first kappa shape index (κ1) is 19.4. The van der Waals surface area contributed by atoms with E-state index in [4.69, 9.17) is 4.74 Å². The van der Waals surface area contributed by atoms with Crippen LogP contribution in [0.2, 0.25) is 0 Å². The van der Waals surface area contributed by atoms with Gasteiger partial charge in [0.1, 0.15) is 17.3 Å². The lowest BCUT2D eigenvalue weighted by atomic mass is 9.86. The molecule has 0 saturated heterocycles. The Morgan fingerprint density at radius 2 is 2.08 bits per heavy atom. The fraction of sp³-hybridized carbons (Fsp3) is 0.556. The highest BCUT2D eigenvalue weighted by Gasteiger charge is 2.43. The molecule has 3 atom stereocenters. The summed E-state index contributed by atoms with van der Waals surface area (Å²) in [5.41, 5.74) is -0.792. The Balaban J connectivity index is 1.83. The van der Waals surface area contributed by atoms with Crippen LogP contribution in [0.15, 0.2) is 24.3 Å². The van der Waals surface area contributed by atoms with Crippen molar-refractivity contribution in [1.29, 1.82) is 0 Å². The predicted molar refractivity (Wildman–Crippen MR) is 84.1 cm³/mol. The Bertz CT molecular complexity index is 627. The third-order valence-corrected chi connectivity index (χ3v) is 4.48. The van der Waals surface area contributed by atoms with Crippen molar-refractivity contribution in [3.63, 3.8) is 0 Å². The maximum Gasteiger partial charge on any atom is 0.416 e. The molecule has 1 aromatic carbocycles. The maximum atomic E-state index is 12.6. The van der Waals surface area contributed by atoms with Gasteiger partial charge in [0.05, 0.1) is 24.2 Å². The number of hydrogen-bond donors (Lipinski definition) is 1. The molecule has 0 amide bonds. The number of rotatable bonds is 7. The van der Waals surface area contributed by atoms with Crippen LogP contribution < -0.4 is 4.74 Å². The van der Waals surface area contributed by atoms with Crippen molar-refractivity contribution in [2.75, 3.05) is 6.61 Å². The zero-order valence-corrected chi connectivity index (χ0v) is 13.9. The van der Waals surface area contributed by atoms with E-state index in [1.165, 1.54) is 12.1 Å². The SMILES string of the molecule is CC[C@H]1C(=O)C[C@@H](O)[C@@H]1C(=O)CCCOc1cccc(C(F)(F)F)c1. The number of benzene rings is 1. The van der Waals surface area contributed by atoms with Crippen LogP contribution in [-0.4, -0.2) is 29.4 Å². The van der Waals surface area contributed by atoms with Crippen LogP contribution in [0.5, 0.6) is 5.75 Å². The Hall–Kier alpha value is -1.89. The molecule has 0 heterocycles. The number of aliphatic hydroxyl groups is 1. The highest BCUT2D eigenvalue weighted by molar-refractivity contribution is 5.94. The first-order valence-corrected chi connectivity index (χ1v) is 8.27. The Kier molecular flexibility index (Phi) is 6.21. The lowest BCUT2D eigenvalue weighted by Crippen LogP contribution is -2.29. The van der Waals surface area contributed by atoms with Gasteiger partial charge in [0.15, 0.2) is 0 Å². The smallest absolute Gasteiger partial charge is 0.416 e. The third kappa shape index (κ3) is 4.81. The number of carbonyl (C=O) groups excluding carboxylic acids is 2. The van der Waals surface area contributed by atoms with Gasteiger partial charge in [-0.15, -0.1) is 0 Å². The van der Waals surface area contributed by atoms with Gasteiger partial charge in [-0.3, -0.25) is 9.59 Å². The van der Waals surface area contributed by atoms with Gasteiger partial charge in [-0.05, 0) is 31.0 Å². The third-order valence-electron chi connectivity index (χ3n) is 4.48. The molecule has 0 radical (unpaired) electrons. The van der Waals surface area contributed by atoms with Crippen molar-refractivity contribution in [2.24, 2.45) is 11.8 Å². The van der Waals surface area contributed by atoms with E-state index >= 15 is 0 Å². The standard InChI is InChI=1S/C18H21F3O4/c1-2-13-15(23)10-16(24)17(13)14(22)7-4-8-25-12-6-3-5-11(9-12)18(19,20)21/h3,5-6,9,13,16-17,24H,2,4,7-8,10H2,1H3/t13-,16+,17-/m0/s1. The molecule has 1 saturated carbocycles. The summed E-state index contributed by atoms with van der Waals surface area (Å²) in [7, 11) is 0. The van der Waals surface area contributed by atoms with Gasteiger partial charge in [-0.2, -0.15) is 13.2 Å². The highest BCUT2D eigenvalue weighted by atomic mass is 19.4. The average Bonchev–Trinajstić information content (AvgIpc) is 2.84. The minimum absolute atomic E-state index is 0.00957. The van der Waals surface area contributed by atoms with E-state index in [1.807, 2.05) is 0 Å². The molecular weight excluding hydrogens is 337 g/mol. The number of carbonyl (C=O) groups is 2. The molecule has 0 spiro atoms. The quantitative estimate of drug-likeness (QED) is 0.759. The van der Waals surface area contributed by atoms with E-state index < -0.39 is 29.7 Å². The topological polar surface area (TPSA) is 63.6 Å². The summed E-state index contributed by atoms with van der Waals surface area (Å²) in [5.74, 6) is -1.31. The molecule has 0 unspecified atom stereocenters. The maximum absolute atomic E-state index is 12.6. The van der Waals surface area contributed by atoms with Gasteiger partial charge in [0, 0.05) is 18.8 Å². The van der Waals surface area contributed by atoms with Crippen LogP contribution in [0.3, 0.4) is 0 Å². The molecule has 7 heteroatoms. The van der Waals surface area contributed by atoms with E-state index in [2.05, 4.69) is 0 Å². The Morgan fingerprint density at radius 3 is 2.72 bits per heavy atom. The number of ketones is 2. The number of alkyl halides is 3. The minimum Gasteiger partial charge on any atom is -0.494 e. The van der Waals surface area contributed by atoms with Crippen LogP contribution >= 0.6 is 0 Å². The summed E-state index contributed by atoms with van der Waals surface area (Å²) in [6, 6.07) is 4.55. The number of halogens is 3. The van der Waals surface area contributed by atoms with Gasteiger partial charge in [-0.1, -0.05) is 13.0 Å². The van der Waals surface area contributed by atoms with E-state index in [0.29, 0.717) is 12.8 Å². The second kappa shape index (κ2) is 7.99. The molecule has 0 aromatic heterocycles. The second-order valence-electron chi connectivity index (χ2n) is 6.22. The molecule has 1 aliphatic rings. The summed E-state index contributed by atoms with van der Waals surface area (Å²) in [5, 5.41) is 9.89. The van der Waals surface area contributed by atoms with Crippen molar-refractivity contribution < 1.29 is 32.6 Å². The molecule has 1 N–H and O–H groups in total. The molecule has 1 aromatic rings. The Morgan fingerprint density at radius 1 is 1.36 bits per heavy atom. The monoisotopic (exact) mass is 358 g/mol. The van der Waals surface area contributed by atoms with Crippen LogP contribution in [0.4, 0.5) is 13.2 Å². The van der Waals surface area contributed by atoms with Crippen LogP contribution in [0, 0.1) is 11.8 Å². The van der Waals surface area contributed by atoms with E-state index in [0.717, 1.165) is 12.1 Å². The van der Waals surface area contributed by atoms with Gasteiger partial charge in [0.2, 0.25) is 0 Å². The lowest BCUT2D eigenvalue weighted by molar-refractivity contribution is -0.137. The first-order chi connectivity index (χ1) is 11.7. The summed E-state index contributed by atoms with van der Waals surface area (Å²) < 4.78 is 43.1. The molecule has 2 rings (SSSR count). The van der Waals surface area contributed by atoms with E-state index in [1.54, 1.807) is 6.92 Å². The minimum atomic E-state index is -4.43. The summed E-state index contributed by atoms with van der Waals surface area (Å²) >= 11 is 0. The number of Topliss-reactive ketones (excluding diaryl/α,β-unsaturated/α-hetero) is 2. The summed E-state index contributed by atoms with van der Waals surface area (Å²) in [4.78, 5) is 24.0. The molecule has 138 valence electrons. The van der Waals surface area contributed by atoms with Gasteiger partial charge >= 0.3 is 6.18 Å². The first-order valence-electron chi connectivity index (χ1n) is 8.27. The molecule has 25 heavy (non-hydrogen) atoms. The molecule has 0 aliphatic heterocycles. The van der Waals surface area contributed by atoms with Crippen molar-refractivity contribution in [3.05, 3.63) is 29.8 Å². The number of ether oxygens (including phenoxy) is 1. The highest BCUT2D eigenvalue weighted by Crippen LogP contribution is 2.33. The molecule has 4 nitrogen and oxygen atoms in total. The van der Waals surface area contributed by atoms with Crippen molar-refractivity contribution in [3.8, 4) is 5.75 Å². The van der Waals surface area contributed by atoms with Crippen molar-refractivity contribution in [2.45, 2.75) is 44.9 Å². The molecule has 0 bridgehead atoms. The zero-order valence-electron chi connectivity index (χ0n) is 13.9. The Labute approximate surface area is 144 Å². The largest absolute Gasteiger partial charge is 0.494 e.